The van der Waals surface area contributed by atoms with E-state index in [0.717, 1.165) is 0 Å². The number of carboxylic acid groups (broad SMARTS) is 1. The van der Waals surface area contributed by atoms with E-state index in [1.54, 1.807) is 49.4 Å². The topological polar surface area (TPSA) is 123 Å². The van der Waals surface area contributed by atoms with Crippen molar-refractivity contribution >= 4 is 34.9 Å². The molecule has 0 spiro atoms. The van der Waals surface area contributed by atoms with Gasteiger partial charge in [-0.1, -0.05) is 35.9 Å². The van der Waals surface area contributed by atoms with Crippen LogP contribution in [0, 0.1) is 21.4 Å². The Morgan fingerprint density at radius 1 is 1.15 bits per heavy atom. The summed E-state index contributed by atoms with van der Waals surface area (Å²) in [4.78, 5) is 21.6. The molecular weight excluding hydrogens is 460 g/mol. The van der Waals surface area contributed by atoms with Gasteiger partial charge in [-0.25, -0.2) is 4.79 Å². The standard InChI is InChI=1S/C25H19ClN2O6/c1-2-33-23-13-17(10-20(14-27)18-6-8-19(9-7-18)25(29)30)12-22(26)24(23)34-15-16-4-3-5-21(11-16)28(31)32/h3-13H,2,15H2,1H3,(H,29,30)/b20-10-. The summed E-state index contributed by atoms with van der Waals surface area (Å²) in [6, 6.07) is 17.4. The zero-order valence-electron chi connectivity index (χ0n) is 18.0. The number of nitro benzene ring substituents is 1. The molecule has 3 rings (SSSR count). The van der Waals surface area contributed by atoms with Crippen LogP contribution in [0.1, 0.15) is 34.0 Å². The highest BCUT2D eigenvalue weighted by Crippen LogP contribution is 2.38. The molecule has 0 aliphatic heterocycles. The minimum atomic E-state index is -1.05. The van der Waals surface area contributed by atoms with Crippen LogP contribution in [0.15, 0.2) is 60.7 Å². The van der Waals surface area contributed by atoms with Gasteiger partial charge in [0, 0.05) is 12.1 Å². The summed E-state index contributed by atoms with van der Waals surface area (Å²) in [5, 5.41) is 29.9. The van der Waals surface area contributed by atoms with Gasteiger partial charge in [-0.2, -0.15) is 5.26 Å². The van der Waals surface area contributed by atoms with Crippen LogP contribution in [-0.2, 0) is 6.61 Å². The zero-order valence-corrected chi connectivity index (χ0v) is 18.8. The Morgan fingerprint density at radius 3 is 2.47 bits per heavy atom. The molecule has 0 aromatic heterocycles. The lowest BCUT2D eigenvalue weighted by atomic mass is 10.0. The molecule has 0 bridgehead atoms. The van der Waals surface area contributed by atoms with Crippen molar-refractivity contribution in [3.05, 3.63) is 98.1 Å². The number of carbonyl (C=O) groups is 1. The fourth-order valence-electron chi connectivity index (χ4n) is 3.13. The van der Waals surface area contributed by atoms with Crippen molar-refractivity contribution < 1.29 is 24.3 Å². The summed E-state index contributed by atoms with van der Waals surface area (Å²) in [6.45, 7) is 2.17. The Morgan fingerprint density at radius 2 is 1.85 bits per heavy atom. The second-order valence-electron chi connectivity index (χ2n) is 7.03. The van der Waals surface area contributed by atoms with Gasteiger partial charge in [-0.3, -0.25) is 10.1 Å². The van der Waals surface area contributed by atoms with E-state index < -0.39 is 10.9 Å². The van der Waals surface area contributed by atoms with Gasteiger partial charge >= 0.3 is 5.97 Å². The number of non-ortho nitro benzene ring substituents is 1. The van der Waals surface area contributed by atoms with Crippen molar-refractivity contribution in [1.82, 2.24) is 0 Å². The maximum atomic E-state index is 11.1. The molecule has 0 unspecified atom stereocenters. The summed E-state index contributed by atoms with van der Waals surface area (Å²) in [5.74, 6) is -0.426. The number of allylic oxidation sites excluding steroid dienone is 1. The fourth-order valence-corrected chi connectivity index (χ4v) is 3.40. The van der Waals surface area contributed by atoms with Crippen molar-refractivity contribution in [3.8, 4) is 17.6 Å². The van der Waals surface area contributed by atoms with Gasteiger partial charge in [0.2, 0.25) is 0 Å². The van der Waals surface area contributed by atoms with Crippen molar-refractivity contribution in [1.29, 1.82) is 5.26 Å². The summed E-state index contributed by atoms with van der Waals surface area (Å²) < 4.78 is 11.5. The Hall–Kier alpha value is -4.35. The SMILES string of the molecule is CCOc1cc(/C=C(/C#N)c2ccc(C(=O)O)cc2)cc(Cl)c1OCc1cccc([N+](=O)[O-])c1. The van der Waals surface area contributed by atoms with Crippen LogP contribution in [0.4, 0.5) is 5.69 Å². The van der Waals surface area contributed by atoms with Crippen LogP contribution in [0.5, 0.6) is 11.5 Å². The number of halogens is 1. The van der Waals surface area contributed by atoms with E-state index in [-0.39, 0.29) is 28.6 Å². The molecular formula is C25H19ClN2O6. The van der Waals surface area contributed by atoms with Gasteiger partial charge in [0.15, 0.2) is 11.5 Å². The molecule has 0 saturated heterocycles. The normalized spacial score (nSPS) is 10.9. The Kier molecular flexibility index (Phi) is 7.85. The van der Waals surface area contributed by atoms with E-state index in [0.29, 0.717) is 34.6 Å². The lowest BCUT2D eigenvalue weighted by molar-refractivity contribution is -0.384. The second-order valence-corrected chi connectivity index (χ2v) is 7.44. The first kappa shape index (κ1) is 24.3. The number of hydrogen-bond acceptors (Lipinski definition) is 6. The van der Waals surface area contributed by atoms with Crippen molar-refractivity contribution in [2.75, 3.05) is 6.61 Å². The molecule has 0 aliphatic rings. The largest absolute Gasteiger partial charge is 0.490 e. The Balaban J connectivity index is 1.90. The highest BCUT2D eigenvalue weighted by Gasteiger charge is 2.14. The van der Waals surface area contributed by atoms with E-state index in [1.807, 2.05) is 0 Å². The molecule has 0 saturated carbocycles. The van der Waals surface area contributed by atoms with Gasteiger partial charge in [0.05, 0.1) is 33.8 Å². The maximum absolute atomic E-state index is 11.1. The average molecular weight is 479 g/mol. The summed E-state index contributed by atoms with van der Waals surface area (Å²) in [6.07, 6.45) is 1.61. The van der Waals surface area contributed by atoms with E-state index >= 15 is 0 Å². The zero-order chi connectivity index (χ0) is 24.7. The number of hydrogen-bond donors (Lipinski definition) is 1. The van der Waals surface area contributed by atoms with Crippen LogP contribution in [0.2, 0.25) is 5.02 Å². The van der Waals surface area contributed by atoms with Gasteiger partial charge in [-0.15, -0.1) is 0 Å². The van der Waals surface area contributed by atoms with Gasteiger partial charge in [0.25, 0.3) is 5.69 Å². The van der Waals surface area contributed by atoms with Crippen LogP contribution in [-0.4, -0.2) is 22.6 Å². The molecule has 0 aliphatic carbocycles. The number of aromatic carboxylic acids is 1. The lowest BCUT2D eigenvalue weighted by Crippen LogP contribution is -2.01. The smallest absolute Gasteiger partial charge is 0.335 e. The number of nitriles is 1. The number of carboxylic acids is 1. The number of nitro groups is 1. The third kappa shape index (κ3) is 5.91. The number of benzene rings is 3. The molecule has 172 valence electrons. The molecule has 9 heteroatoms. The summed E-state index contributed by atoms with van der Waals surface area (Å²) in [7, 11) is 0. The number of nitrogens with zero attached hydrogens (tertiary/aromatic N) is 2. The van der Waals surface area contributed by atoms with Crippen molar-refractivity contribution in [2.45, 2.75) is 13.5 Å². The van der Waals surface area contributed by atoms with E-state index in [2.05, 4.69) is 6.07 Å². The number of ether oxygens (including phenoxy) is 2. The molecule has 0 amide bonds. The highest BCUT2D eigenvalue weighted by molar-refractivity contribution is 6.32. The molecule has 0 fully saturated rings. The van der Waals surface area contributed by atoms with Crippen molar-refractivity contribution in [3.63, 3.8) is 0 Å². The molecule has 0 atom stereocenters. The second kappa shape index (κ2) is 11.0. The molecule has 8 nitrogen and oxygen atoms in total. The Labute approximate surface area is 200 Å². The maximum Gasteiger partial charge on any atom is 0.335 e. The summed E-state index contributed by atoms with van der Waals surface area (Å²) in [5.41, 5.74) is 2.10. The first-order valence-electron chi connectivity index (χ1n) is 10.1. The van der Waals surface area contributed by atoms with Crippen LogP contribution in [0.3, 0.4) is 0 Å². The monoisotopic (exact) mass is 478 g/mol. The van der Waals surface area contributed by atoms with Gasteiger partial charge in [0.1, 0.15) is 6.61 Å². The minimum Gasteiger partial charge on any atom is -0.490 e. The van der Waals surface area contributed by atoms with E-state index in [9.17, 15) is 20.2 Å². The summed E-state index contributed by atoms with van der Waals surface area (Å²) >= 11 is 6.46. The third-order valence-electron chi connectivity index (χ3n) is 4.71. The predicted octanol–water partition coefficient (Wildman–Crippen LogP) is 5.99. The lowest BCUT2D eigenvalue weighted by Gasteiger charge is -2.15. The minimum absolute atomic E-state index is 0.0377. The van der Waals surface area contributed by atoms with E-state index in [4.69, 9.17) is 26.2 Å². The Bertz CT molecular complexity index is 1300. The van der Waals surface area contributed by atoms with Crippen LogP contribution in [0.25, 0.3) is 11.6 Å². The molecule has 3 aromatic rings. The number of rotatable bonds is 9. The van der Waals surface area contributed by atoms with Gasteiger partial charge in [-0.05, 0) is 54.0 Å². The molecule has 0 radical (unpaired) electrons. The molecule has 3 aromatic carbocycles. The predicted molar refractivity (Wildman–Crippen MR) is 127 cm³/mol. The molecule has 34 heavy (non-hydrogen) atoms. The first-order valence-corrected chi connectivity index (χ1v) is 10.5. The fraction of sp³-hybridized carbons (Fsp3) is 0.120. The van der Waals surface area contributed by atoms with E-state index in [1.165, 1.54) is 24.3 Å². The van der Waals surface area contributed by atoms with Gasteiger partial charge < -0.3 is 14.6 Å². The third-order valence-corrected chi connectivity index (χ3v) is 4.99. The first-order chi connectivity index (χ1) is 16.3. The van der Waals surface area contributed by atoms with Crippen molar-refractivity contribution in [2.24, 2.45) is 0 Å². The average Bonchev–Trinajstić information content (AvgIpc) is 2.82. The molecule has 0 heterocycles. The van der Waals surface area contributed by atoms with Crippen LogP contribution < -0.4 is 9.47 Å². The highest BCUT2D eigenvalue weighted by atomic mass is 35.5. The van der Waals surface area contributed by atoms with Crippen LogP contribution >= 0.6 is 11.6 Å². The quantitative estimate of drug-likeness (QED) is 0.173. The molecule has 1 N–H and O–H groups in total.